The molecular formula is C16H14ClF2N5O2. The van der Waals surface area contributed by atoms with Gasteiger partial charge in [-0.3, -0.25) is 14.8 Å². The van der Waals surface area contributed by atoms with Crippen LogP contribution < -0.4 is 10.6 Å². The van der Waals surface area contributed by atoms with Gasteiger partial charge in [-0.25, -0.2) is 13.6 Å². The van der Waals surface area contributed by atoms with Gasteiger partial charge in [0.05, 0.1) is 41.4 Å². The highest BCUT2D eigenvalue weighted by Crippen LogP contribution is 2.28. The first-order valence-electron chi connectivity index (χ1n) is 7.63. The SMILES string of the molecule is C[C@@H](NC(=O)CN1Cc2c(Cl)cncc2NC1=O)c1ncc(F)cc1F. The molecule has 0 saturated heterocycles. The zero-order valence-corrected chi connectivity index (χ0v) is 14.3. The smallest absolute Gasteiger partial charge is 0.322 e. The Morgan fingerprint density at radius 2 is 2.19 bits per heavy atom. The van der Waals surface area contributed by atoms with Crippen LogP contribution in [-0.2, 0) is 11.3 Å². The summed E-state index contributed by atoms with van der Waals surface area (Å²) in [4.78, 5) is 33.1. The number of fused-ring (bicyclic) bond motifs is 1. The molecule has 3 rings (SSSR count). The average molecular weight is 382 g/mol. The monoisotopic (exact) mass is 381 g/mol. The number of rotatable bonds is 4. The Balaban J connectivity index is 1.66. The van der Waals surface area contributed by atoms with E-state index in [0.717, 1.165) is 6.20 Å². The number of hydrogen-bond donors (Lipinski definition) is 2. The molecule has 1 aliphatic rings. The standard InChI is InChI=1S/C16H14ClF2N5O2/c1-8(15-12(19)2-9(18)3-21-15)22-14(25)7-24-6-10-11(17)4-20-5-13(10)23-16(24)26/h2-5,8H,6-7H2,1H3,(H,22,25)(H,23,26)/t8-/m1/s1. The van der Waals surface area contributed by atoms with Crippen molar-refractivity contribution in [3.8, 4) is 0 Å². The van der Waals surface area contributed by atoms with Crippen molar-refractivity contribution in [1.82, 2.24) is 20.2 Å². The maximum atomic E-state index is 13.7. The molecule has 0 radical (unpaired) electrons. The highest BCUT2D eigenvalue weighted by molar-refractivity contribution is 6.31. The van der Waals surface area contributed by atoms with Gasteiger partial charge in [-0.05, 0) is 6.92 Å². The van der Waals surface area contributed by atoms with E-state index in [9.17, 15) is 18.4 Å². The first kappa shape index (κ1) is 18.0. The topological polar surface area (TPSA) is 87.2 Å². The van der Waals surface area contributed by atoms with E-state index in [-0.39, 0.29) is 18.8 Å². The van der Waals surface area contributed by atoms with Crippen molar-refractivity contribution in [3.05, 3.63) is 52.6 Å². The molecule has 0 aromatic carbocycles. The maximum Gasteiger partial charge on any atom is 0.322 e. The van der Waals surface area contributed by atoms with Gasteiger partial charge in [0.15, 0.2) is 0 Å². The van der Waals surface area contributed by atoms with Gasteiger partial charge in [-0.1, -0.05) is 11.6 Å². The number of halogens is 3. The van der Waals surface area contributed by atoms with Crippen LogP contribution >= 0.6 is 11.6 Å². The third-order valence-electron chi connectivity index (χ3n) is 3.84. The lowest BCUT2D eigenvalue weighted by Gasteiger charge is -2.29. The molecule has 0 aliphatic carbocycles. The lowest BCUT2D eigenvalue weighted by atomic mass is 10.1. The second kappa shape index (κ2) is 7.20. The van der Waals surface area contributed by atoms with Crippen LogP contribution in [0.4, 0.5) is 19.3 Å². The fraction of sp³-hybridized carbons (Fsp3) is 0.250. The second-order valence-corrected chi connectivity index (χ2v) is 6.15. The highest BCUT2D eigenvalue weighted by atomic mass is 35.5. The molecule has 3 amide bonds. The Bertz CT molecular complexity index is 880. The highest BCUT2D eigenvalue weighted by Gasteiger charge is 2.27. The van der Waals surface area contributed by atoms with E-state index in [4.69, 9.17) is 11.6 Å². The fourth-order valence-corrected chi connectivity index (χ4v) is 2.81. The second-order valence-electron chi connectivity index (χ2n) is 5.74. The number of hydrogen-bond acceptors (Lipinski definition) is 4. The summed E-state index contributed by atoms with van der Waals surface area (Å²) in [6.07, 6.45) is 3.79. The number of carbonyl (C=O) groups is 2. The van der Waals surface area contributed by atoms with Crippen LogP contribution in [0.3, 0.4) is 0 Å². The van der Waals surface area contributed by atoms with Gasteiger partial charge in [-0.15, -0.1) is 0 Å². The quantitative estimate of drug-likeness (QED) is 0.852. The minimum absolute atomic E-state index is 0.0951. The summed E-state index contributed by atoms with van der Waals surface area (Å²) in [5.74, 6) is -2.19. The third-order valence-corrected chi connectivity index (χ3v) is 4.17. The van der Waals surface area contributed by atoms with Gasteiger partial charge in [0.1, 0.15) is 18.2 Å². The minimum atomic E-state index is -0.860. The van der Waals surface area contributed by atoms with Crippen LogP contribution in [0.2, 0.25) is 5.02 Å². The molecule has 2 aromatic heterocycles. The Labute approximate surface area is 152 Å². The van der Waals surface area contributed by atoms with E-state index in [1.165, 1.54) is 24.2 Å². The van der Waals surface area contributed by atoms with Crippen LogP contribution in [0, 0.1) is 11.6 Å². The molecular weight excluding hydrogens is 368 g/mol. The largest absolute Gasteiger partial charge is 0.346 e. The predicted molar refractivity (Wildman–Crippen MR) is 89.4 cm³/mol. The van der Waals surface area contributed by atoms with E-state index in [1.807, 2.05) is 0 Å². The lowest BCUT2D eigenvalue weighted by Crippen LogP contribution is -2.45. The number of urea groups is 1. The Kier molecular flexibility index (Phi) is 4.99. The molecule has 0 bridgehead atoms. The summed E-state index contributed by atoms with van der Waals surface area (Å²) in [5, 5.41) is 5.51. The number of nitrogens with zero attached hydrogens (tertiary/aromatic N) is 3. The van der Waals surface area contributed by atoms with Gasteiger partial charge in [-0.2, -0.15) is 0 Å². The molecule has 1 atom stereocenters. The number of pyridine rings is 2. The van der Waals surface area contributed by atoms with Crippen molar-refractivity contribution < 1.29 is 18.4 Å². The van der Waals surface area contributed by atoms with Crippen molar-refractivity contribution in [1.29, 1.82) is 0 Å². The molecule has 2 aromatic rings. The van der Waals surface area contributed by atoms with Gasteiger partial charge < -0.3 is 15.5 Å². The van der Waals surface area contributed by atoms with Gasteiger partial charge in [0, 0.05) is 17.8 Å². The summed E-state index contributed by atoms with van der Waals surface area (Å²) >= 11 is 6.06. The summed E-state index contributed by atoms with van der Waals surface area (Å²) in [6, 6.07) is -0.581. The Hall–Kier alpha value is -2.81. The number of carbonyl (C=O) groups excluding carboxylic acids is 2. The van der Waals surface area contributed by atoms with E-state index in [0.29, 0.717) is 22.3 Å². The normalized spacial score (nSPS) is 14.5. The number of amides is 3. The van der Waals surface area contributed by atoms with Crippen molar-refractivity contribution in [2.45, 2.75) is 19.5 Å². The maximum absolute atomic E-state index is 13.7. The molecule has 2 N–H and O–H groups in total. The molecule has 0 unspecified atom stereocenters. The fourth-order valence-electron chi connectivity index (χ4n) is 2.59. The van der Waals surface area contributed by atoms with Crippen LogP contribution in [0.1, 0.15) is 24.2 Å². The molecule has 136 valence electrons. The first-order valence-corrected chi connectivity index (χ1v) is 8.01. The summed E-state index contributed by atoms with van der Waals surface area (Å²) in [6.45, 7) is 1.37. The van der Waals surface area contributed by atoms with Gasteiger partial charge in [0.25, 0.3) is 0 Å². The summed E-state index contributed by atoms with van der Waals surface area (Å²) in [7, 11) is 0. The van der Waals surface area contributed by atoms with Crippen LogP contribution in [0.15, 0.2) is 24.7 Å². The minimum Gasteiger partial charge on any atom is -0.346 e. The van der Waals surface area contributed by atoms with E-state index in [2.05, 4.69) is 20.6 Å². The lowest BCUT2D eigenvalue weighted by molar-refractivity contribution is -0.122. The van der Waals surface area contributed by atoms with Crippen molar-refractivity contribution in [2.75, 3.05) is 11.9 Å². The van der Waals surface area contributed by atoms with E-state index < -0.39 is 29.6 Å². The van der Waals surface area contributed by atoms with Gasteiger partial charge >= 0.3 is 6.03 Å². The van der Waals surface area contributed by atoms with E-state index in [1.54, 1.807) is 0 Å². The molecule has 7 nitrogen and oxygen atoms in total. The molecule has 0 saturated carbocycles. The van der Waals surface area contributed by atoms with Crippen molar-refractivity contribution in [3.63, 3.8) is 0 Å². The van der Waals surface area contributed by atoms with Crippen LogP contribution in [0.5, 0.6) is 0 Å². The van der Waals surface area contributed by atoms with E-state index >= 15 is 0 Å². The summed E-state index contributed by atoms with van der Waals surface area (Å²) in [5.41, 5.74) is 1.04. The Morgan fingerprint density at radius 1 is 1.42 bits per heavy atom. The molecule has 0 spiro atoms. The van der Waals surface area contributed by atoms with Gasteiger partial charge in [0.2, 0.25) is 5.91 Å². The summed E-state index contributed by atoms with van der Waals surface area (Å²) < 4.78 is 26.7. The molecule has 1 aliphatic heterocycles. The van der Waals surface area contributed by atoms with Crippen LogP contribution in [-0.4, -0.2) is 33.4 Å². The van der Waals surface area contributed by atoms with Crippen molar-refractivity contribution >= 4 is 29.2 Å². The number of nitrogens with one attached hydrogen (secondary N) is 2. The molecule has 26 heavy (non-hydrogen) atoms. The first-order chi connectivity index (χ1) is 12.3. The molecule has 10 heteroatoms. The zero-order chi connectivity index (χ0) is 18.8. The number of aromatic nitrogens is 2. The predicted octanol–water partition coefficient (Wildman–Crippen LogP) is 2.63. The molecule has 0 fully saturated rings. The molecule has 3 heterocycles. The zero-order valence-electron chi connectivity index (χ0n) is 13.6. The average Bonchev–Trinajstić information content (AvgIpc) is 2.56. The van der Waals surface area contributed by atoms with Crippen molar-refractivity contribution in [2.24, 2.45) is 0 Å². The third kappa shape index (κ3) is 3.72. The van der Waals surface area contributed by atoms with Crippen LogP contribution in [0.25, 0.3) is 0 Å². The Morgan fingerprint density at radius 3 is 2.92 bits per heavy atom. The number of anilines is 1.